The Morgan fingerprint density at radius 3 is 1.82 bits per heavy atom. The van der Waals surface area contributed by atoms with E-state index in [0.717, 1.165) is 31.4 Å². The maximum atomic E-state index is 12.1. The van der Waals surface area contributed by atoms with Gasteiger partial charge in [0.2, 0.25) is 0 Å². The Labute approximate surface area is 171 Å². The van der Waals surface area contributed by atoms with Crippen molar-refractivity contribution in [3.63, 3.8) is 0 Å². The summed E-state index contributed by atoms with van der Waals surface area (Å²) in [6.45, 7) is 3.34. The molecule has 0 unspecified atom stereocenters. The van der Waals surface area contributed by atoms with E-state index in [4.69, 9.17) is 4.18 Å². The number of nitrogens with zero attached hydrogens (tertiary/aromatic N) is 1. The first-order valence-electron chi connectivity index (χ1n) is 10.6. The topological polar surface area (TPSA) is 48.3 Å². The Kier molecular flexibility index (Phi) is 10.4. The Morgan fingerprint density at radius 1 is 0.750 bits per heavy atom. The SMILES string of the molecule is Cc1ccc(S(=O)(=O)OCCCCCCCCCCCCn2cccc2)cc1. The van der Waals surface area contributed by atoms with E-state index >= 15 is 0 Å². The zero-order valence-corrected chi connectivity index (χ0v) is 18.0. The molecule has 0 amide bonds. The molecule has 5 heteroatoms. The summed E-state index contributed by atoms with van der Waals surface area (Å²) in [5, 5.41) is 0. The lowest BCUT2D eigenvalue weighted by molar-refractivity contribution is 0.306. The van der Waals surface area contributed by atoms with E-state index in [1.807, 2.05) is 6.92 Å². The summed E-state index contributed by atoms with van der Waals surface area (Å²) < 4.78 is 31.5. The molecule has 0 N–H and O–H groups in total. The Balaban J connectivity index is 1.39. The van der Waals surface area contributed by atoms with Crippen molar-refractivity contribution in [2.75, 3.05) is 6.61 Å². The quantitative estimate of drug-likeness (QED) is 0.265. The highest BCUT2D eigenvalue weighted by atomic mass is 32.2. The predicted molar refractivity (Wildman–Crippen MR) is 115 cm³/mol. The molecule has 1 aromatic heterocycles. The van der Waals surface area contributed by atoms with Crippen molar-refractivity contribution in [3.8, 4) is 0 Å². The molecule has 0 atom stereocenters. The van der Waals surface area contributed by atoms with Crippen molar-refractivity contribution >= 4 is 10.1 Å². The maximum Gasteiger partial charge on any atom is 0.296 e. The van der Waals surface area contributed by atoms with Crippen LogP contribution in [-0.2, 0) is 20.8 Å². The first kappa shape index (κ1) is 22.7. The second-order valence-electron chi connectivity index (χ2n) is 7.55. The smallest absolute Gasteiger partial charge is 0.296 e. The minimum absolute atomic E-state index is 0.242. The van der Waals surface area contributed by atoms with Gasteiger partial charge in [-0.15, -0.1) is 0 Å². The van der Waals surface area contributed by atoms with Gasteiger partial charge >= 0.3 is 0 Å². The standard InChI is InChI=1S/C23H35NO3S/c1-22-14-16-23(17-15-22)28(25,26)27-21-13-9-7-5-3-2-4-6-8-10-18-24-19-11-12-20-24/h11-12,14-17,19-20H,2-10,13,18,21H2,1H3. The van der Waals surface area contributed by atoms with E-state index < -0.39 is 10.1 Å². The second kappa shape index (κ2) is 12.8. The number of benzene rings is 1. The van der Waals surface area contributed by atoms with Crippen LogP contribution in [0.15, 0.2) is 53.7 Å². The lowest BCUT2D eigenvalue weighted by atomic mass is 10.1. The number of hydrogen-bond acceptors (Lipinski definition) is 3. The summed E-state index contributed by atoms with van der Waals surface area (Å²) in [5.74, 6) is 0. The zero-order valence-electron chi connectivity index (χ0n) is 17.2. The molecule has 0 saturated carbocycles. The van der Waals surface area contributed by atoms with Crippen molar-refractivity contribution in [1.82, 2.24) is 4.57 Å². The summed E-state index contributed by atoms with van der Waals surface area (Å²) in [7, 11) is -3.61. The van der Waals surface area contributed by atoms with Crippen LogP contribution in [0.4, 0.5) is 0 Å². The van der Waals surface area contributed by atoms with Gasteiger partial charge in [-0.3, -0.25) is 4.18 Å². The molecule has 0 saturated heterocycles. The normalized spacial score (nSPS) is 11.8. The molecule has 4 nitrogen and oxygen atoms in total. The van der Waals surface area contributed by atoms with Gasteiger partial charge in [0.25, 0.3) is 10.1 Å². The van der Waals surface area contributed by atoms with Gasteiger partial charge in [0.1, 0.15) is 0 Å². The van der Waals surface area contributed by atoms with Gasteiger partial charge in [0.15, 0.2) is 0 Å². The van der Waals surface area contributed by atoms with Crippen LogP contribution in [0.3, 0.4) is 0 Å². The fourth-order valence-electron chi connectivity index (χ4n) is 3.27. The van der Waals surface area contributed by atoms with Crippen molar-refractivity contribution in [3.05, 3.63) is 54.4 Å². The molecule has 0 bridgehead atoms. The van der Waals surface area contributed by atoms with Gasteiger partial charge < -0.3 is 4.57 Å². The summed E-state index contributed by atoms with van der Waals surface area (Å²) in [6.07, 6.45) is 16.3. The predicted octanol–water partition coefficient (Wildman–Crippen LogP) is 6.10. The molecule has 1 aromatic carbocycles. The minimum Gasteiger partial charge on any atom is -0.354 e. The van der Waals surface area contributed by atoms with Crippen molar-refractivity contribution in [1.29, 1.82) is 0 Å². The van der Waals surface area contributed by atoms with Crippen molar-refractivity contribution in [2.24, 2.45) is 0 Å². The summed E-state index contributed by atoms with van der Waals surface area (Å²) in [4.78, 5) is 0.242. The highest BCUT2D eigenvalue weighted by molar-refractivity contribution is 7.86. The van der Waals surface area contributed by atoms with Crippen LogP contribution in [0.1, 0.15) is 69.8 Å². The van der Waals surface area contributed by atoms with Crippen LogP contribution in [-0.4, -0.2) is 19.6 Å². The van der Waals surface area contributed by atoms with Crippen molar-refractivity contribution < 1.29 is 12.6 Å². The van der Waals surface area contributed by atoms with Gasteiger partial charge in [0.05, 0.1) is 11.5 Å². The highest BCUT2D eigenvalue weighted by Crippen LogP contribution is 2.15. The fraction of sp³-hybridized carbons (Fsp3) is 0.565. The van der Waals surface area contributed by atoms with Crippen LogP contribution in [0, 0.1) is 6.92 Å². The monoisotopic (exact) mass is 405 g/mol. The minimum atomic E-state index is -3.61. The first-order valence-corrected chi connectivity index (χ1v) is 12.1. The molecular formula is C23H35NO3S. The molecule has 0 aliphatic heterocycles. The average Bonchev–Trinajstić information content (AvgIpc) is 3.19. The Hall–Kier alpha value is -1.59. The lowest BCUT2D eigenvalue weighted by Crippen LogP contribution is -2.07. The molecule has 0 aliphatic carbocycles. The molecule has 0 radical (unpaired) electrons. The number of unbranched alkanes of at least 4 members (excludes halogenated alkanes) is 9. The maximum absolute atomic E-state index is 12.1. The van der Waals surface area contributed by atoms with Gasteiger partial charge in [0, 0.05) is 18.9 Å². The molecule has 0 spiro atoms. The van der Waals surface area contributed by atoms with E-state index in [0.29, 0.717) is 0 Å². The van der Waals surface area contributed by atoms with E-state index in [9.17, 15) is 8.42 Å². The molecule has 1 heterocycles. The van der Waals surface area contributed by atoms with E-state index in [-0.39, 0.29) is 11.5 Å². The lowest BCUT2D eigenvalue weighted by Gasteiger charge is -2.06. The molecule has 28 heavy (non-hydrogen) atoms. The third-order valence-corrected chi connectivity index (χ3v) is 6.35. The zero-order chi connectivity index (χ0) is 20.1. The summed E-state index contributed by atoms with van der Waals surface area (Å²) >= 11 is 0. The Morgan fingerprint density at radius 2 is 1.25 bits per heavy atom. The van der Waals surface area contributed by atoms with Gasteiger partial charge in [-0.05, 0) is 44.0 Å². The van der Waals surface area contributed by atoms with Crippen LogP contribution < -0.4 is 0 Å². The third-order valence-electron chi connectivity index (χ3n) is 5.02. The van der Waals surface area contributed by atoms with E-state index in [1.165, 1.54) is 44.9 Å². The van der Waals surface area contributed by atoms with E-state index in [2.05, 4.69) is 29.1 Å². The molecule has 156 valence electrons. The summed E-state index contributed by atoms with van der Waals surface area (Å²) in [5.41, 5.74) is 1.04. The number of aryl methyl sites for hydroxylation is 2. The second-order valence-corrected chi connectivity index (χ2v) is 9.16. The molecule has 0 fully saturated rings. The molecule has 0 aliphatic rings. The van der Waals surface area contributed by atoms with Gasteiger partial charge in [-0.2, -0.15) is 8.42 Å². The van der Waals surface area contributed by atoms with Crippen LogP contribution in [0.25, 0.3) is 0 Å². The van der Waals surface area contributed by atoms with Crippen LogP contribution in [0.5, 0.6) is 0 Å². The first-order chi connectivity index (χ1) is 13.6. The fourth-order valence-corrected chi connectivity index (χ4v) is 4.21. The highest BCUT2D eigenvalue weighted by Gasteiger charge is 2.14. The van der Waals surface area contributed by atoms with Crippen LogP contribution in [0.2, 0.25) is 0 Å². The number of aromatic nitrogens is 1. The van der Waals surface area contributed by atoms with Gasteiger partial charge in [-0.25, -0.2) is 0 Å². The van der Waals surface area contributed by atoms with Crippen LogP contribution >= 0.6 is 0 Å². The Bertz CT molecular complexity index is 737. The average molecular weight is 406 g/mol. The molecule has 2 aromatic rings. The molecule has 2 rings (SSSR count). The summed E-state index contributed by atoms with van der Waals surface area (Å²) in [6, 6.07) is 10.9. The number of hydrogen-bond donors (Lipinski definition) is 0. The van der Waals surface area contributed by atoms with Gasteiger partial charge in [-0.1, -0.05) is 69.1 Å². The molecular weight excluding hydrogens is 370 g/mol. The largest absolute Gasteiger partial charge is 0.354 e. The van der Waals surface area contributed by atoms with Crippen molar-refractivity contribution in [2.45, 2.75) is 82.6 Å². The third kappa shape index (κ3) is 9.07. The number of rotatable bonds is 15. The van der Waals surface area contributed by atoms with E-state index in [1.54, 1.807) is 24.3 Å².